The standard InChI is InChI=1S/C24H26N4O4/c1-17(22(29)28-14-12-27(13-15-28)16-18-8-4-3-5-9-18)32-24(31)21-19-10-6-7-11-20(19)23(30)26(2)25-21/h3-11,17H,12-16H2,1-2H3. The number of aryl methyl sites for hydroxylation is 1. The minimum Gasteiger partial charge on any atom is -0.448 e. The van der Waals surface area contributed by atoms with Crippen LogP contribution in [0.3, 0.4) is 0 Å². The zero-order chi connectivity index (χ0) is 22.7. The highest BCUT2D eigenvalue weighted by Crippen LogP contribution is 2.16. The van der Waals surface area contributed by atoms with Gasteiger partial charge in [-0.05, 0) is 18.6 Å². The van der Waals surface area contributed by atoms with Crippen LogP contribution in [0.25, 0.3) is 10.8 Å². The Labute approximate surface area is 186 Å². The lowest BCUT2D eigenvalue weighted by atomic mass is 10.1. The van der Waals surface area contributed by atoms with Gasteiger partial charge in [0.25, 0.3) is 11.5 Å². The van der Waals surface area contributed by atoms with Gasteiger partial charge in [0.1, 0.15) is 0 Å². The number of aromatic nitrogens is 2. The lowest BCUT2D eigenvalue weighted by Crippen LogP contribution is -2.51. The Hall–Kier alpha value is -3.52. The van der Waals surface area contributed by atoms with E-state index in [9.17, 15) is 14.4 Å². The fourth-order valence-electron chi connectivity index (χ4n) is 3.94. The highest BCUT2D eigenvalue weighted by molar-refractivity contribution is 6.02. The van der Waals surface area contributed by atoms with Crippen molar-refractivity contribution in [3.05, 3.63) is 76.2 Å². The average molecular weight is 434 g/mol. The molecule has 3 aromatic rings. The summed E-state index contributed by atoms with van der Waals surface area (Å²) >= 11 is 0. The van der Waals surface area contributed by atoms with Crippen molar-refractivity contribution in [1.82, 2.24) is 19.6 Å². The summed E-state index contributed by atoms with van der Waals surface area (Å²) in [5, 5.41) is 4.87. The molecule has 1 unspecified atom stereocenters. The van der Waals surface area contributed by atoms with Gasteiger partial charge in [0.05, 0.1) is 5.39 Å². The lowest BCUT2D eigenvalue weighted by molar-refractivity contribution is -0.141. The van der Waals surface area contributed by atoms with Crippen LogP contribution >= 0.6 is 0 Å². The smallest absolute Gasteiger partial charge is 0.360 e. The van der Waals surface area contributed by atoms with Crippen LogP contribution in [0.2, 0.25) is 0 Å². The number of carbonyl (C=O) groups excluding carboxylic acids is 2. The largest absolute Gasteiger partial charge is 0.448 e. The molecule has 0 aliphatic carbocycles. The van der Waals surface area contributed by atoms with Gasteiger partial charge in [-0.2, -0.15) is 5.10 Å². The van der Waals surface area contributed by atoms with Crippen molar-refractivity contribution in [2.24, 2.45) is 7.05 Å². The van der Waals surface area contributed by atoms with E-state index in [1.54, 1.807) is 36.1 Å². The molecule has 0 spiro atoms. The normalized spacial score (nSPS) is 15.5. The number of piperazine rings is 1. The molecule has 1 aliphatic rings. The molecule has 0 N–H and O–H groups in total. The molecule has 0 bridgehead atoms. The molecule has 1 aliphatic heterocycles. The molecule has 1 amide bonds. The number of rotatable bonds is 5. The second-order valence-corrected chi connectivity index (χ2v) is 7.96. The third kappa shape index (κ3) is 4.55. The number of nitrogens with zero attached hydrogens (tertiary/aromatic N) is 4. The molecule has 8 heteroatoms. The first-order chi connectivity index (χ1) is 15.4. The van der Waals surface area contributed by atoms with Crippen molar-refractivity contribution < 1.29 is 14.3 Å². The monoisotopic (exact) mass is 434 g/mol. The number of esters is 1. The molecule has 166 valence electrons. The Kier molecular flexibility index (Phi) is 6.32. The highest BCUT2D eigenvalue weighted by atomic mass is 16.5. The van der Waals surface area contributed by atoms with Crippen molar-refractivity contribution in [3.8, 4) is 0 Å². The van der Waals surface area contributed by atoms with E-state index in [-0.39, 0.29) is 17.2 Å². The van der Waals surface area contributed by atoms with Gasteiger partial charge in [0.2, 0.25) is 0 Å². The predicted molar refractivity (Wildman–Crippen MR) is 120 cm³/mol. The van der Waals surface area contributed by atoms with Gasteiger partial charge in [-0.3, -0.25) is 14.5 Å². The highest BCUT2D eigenvalue weighted by Gasteiger charge is 2.28. The maximum Gasteiger partial charge on any atom is 0.360 e. The maximum atomic E-state index is 12.9. The van der Waals surface area contributed by atoms with Gasteiger partial charge in [-0.1, -0.05) is 48.5 Å². The second kappa shape index (κ2) is 9.32. The Balaban J connectivity index is 1.38. The van der Waals surface area contributed by atoms with Crippen molar-refractivity contribution in [2.45, 2.75) is 19.6 Å². The molecule has 0 radical (unpaired) electrons. The van der Waals surface area contributed by atoms with Crippen LogP contribution in [0.1, 0.15) is 23.0 Å². The summed E-state index contributed by atoms with van der Waals surface area (Å²) in [6.07, 6.45) is -0.944. The molecule has 1 fully saturated rings. The molecule has 1 saturated heterocycles. The van der Waals surface area contributed by atoms with Crippen LogP contribution < -0.4 is 5.56 Å². The van der Waals surface area contributed by atoms with E-state index in [0.717, 1.165) is 24.3 Å². The Morgan fingerprint density at radius 3 is 2.28 bits per heavy atom. The van der Waals surface area contributed by atoms with E-state index in [1.807, 2.05) is 18.2 Å². The quantitative estimate of drug-likeness (QED) is 0.570. The summed E-state index contributed by atoms with van der Waals surface area (Å²) in [7, 11) is 1.48. The third-order valence-electron chi connectivity index (χ3n) is 5.71. The topological polar surface area (TPSA) is 84.7 Å². The van der Waals surface area contributed by atoms with E-state index in [4.69, 9.17) is 4.74 Å². The minimum atomic E-state index is -0.944. The first-order valence-electron chi connectivity index (χ1n) is 10.7. The van der Waals surface area contributed by atoms with Crippen LogP contribution in [-0.2, 0) is 23.1 Å². The number of hydrogen-bond donors (Lipinski definition) is 0. The molecular formula is C24H26N4O4. The minimum absolute atomic E-state index is 0.0232. The number of ether oxygens (including phenoxy) is 1. The van der Waals surface area contributed by atoms with E-state index in [2.05, 4.69) is 22.1 Å². The fraction of sp³-hybridized carbons (Fsp3) is 0.333. The lowest BCUT2D eigenvalue weighted by Gasteiger charge is -2.35. The Morgan fingerprint density at radius 1 is 0.969 bits per heavy atom. The van der Waals surface area contributed by atoms with Crippen LogP contribution in [0.5, 0.6) is 0 Å². The van der Waals surface area contributed by atoms with E-state index >= 15 is 0 Å². The van der Waals surface area contributed by atoms with Gasteiger partial charge >= 0.3 is 5.97 Å². The van der Waals surface area contributed by atoms with Crippen molar-refractivity contribution >= 4 is 22.6 Å². The molecule has 8 nitrogen and oxygen atoms in total. The summed E-state index contributed by atoms with van der Waals surface area (Å²) in [5.74, 6) is -0.952. The molecular weight excluding hydrogens is 408 g/mol. The predicted octanol–water partition coefficient (Wildman–Crippen LogP) is 1.82. The van der Waals surface area contributed by atoms with Crippen LogP contribution in [0, 0.1) is 0 Å². The zero-order valence-electron chi connectivity index (χ0n) is 18.2. The number of carbonyl (C=O) groups is 2. The number of amides is 1. The Morgan fingerprint density at radius 2 is 1.59 bits per heavy atom. The number of fused-ring (bicyclic) bond motifs is 1. The molecule has 4 rings (SSSR count). The first kappa shape index (κ1) is 21.7. The van der Waals surface area contributed by atoms with Gasteiger partial charge in [-0.25, -0.2) is 9.48 Å². The number of hydrogen-bond acceptors (Lipinski definition) is 6. The van der Waals surface area contributed by atoms with Crippen molar-refractivity contribution in [1.29, 1.82) is 0 Å². The first-order valence-corrected chi connectivity index (χ1v) is 10.7. The van der Waals surface area contributed by atoms with Gasteiger partial charge in [-0.15, -0.1) is 0 Å². The summed E-state index contributed by atoms with van der Waals surface area (Å²) in [6.45, 7) is 5.09. The van der Waals surface area contributed by atoms with Crippen molar-refractivity contribution in [2.75, 3.05) is 26.2 Å². The second-order valence-electron chi connectivity index (χ2n) is 7.96. The van der Waals surface area contributed by atoms with Crippen LogP contribution in [0.15, 0.2) is 59.4 Å². The molecule has 0 saturated carbocycles. The van der Waals surface area contributed by atoms with Crippen molar-refractivity contribution in [3.63, 3.8) is 0 Å². The summed E-state index contributed by atoms with van der Waals surface area (Å²) < 4.78 is 6.56. The van der Waals surface area contributed by atoms with Crippen LogP contribution in [-0.4, -0.2) is 63.7 Å². The van der Waals surface area contributed by atoms with Crippen LogP contribution in [0.4, 0.5) is 0 Å². The average Bonchev–Trinajstić information content (AvgIpc) is 2.82. The maximum absolute atomic E-state index is 12.9. The zero-order valence-corrected chi connectivity index (χ0v) is 18.2. The molecule has 2 heterocycles. The van der Waals surface area contributed by atoms with Gasteiger partial charge in [0, 0.05) is 45.2 Å². The summed E-state index contributed by atoms with van der Waals surface area (Å²) in [5.41, 5.74) is 0.969. The van der Waals surface area contributed by atoms with E-state index < -0.39 is 12.1 Å². The molecule has 1 aromatic heterocycles. The third-order valence-corrected chi connectivity index (χ3v) is 5.71. The fourth-order valence-corrected chi connectivity index (χ4v) is 3.94. The molecule has 32 heavy (non-hydrogen) atoms. The van der Waals surface area contributed by atoms with E-state index in [1.165, 1.54) is 12.6 Å². The van der Waals surface area contributed by atoms with E-state index in [0.29, 0.717) is 23.9 Å². The van der Waals surface area contributed by atoms with Gasteiger partial charge in [0.15, 0.2) is 11.8 Å². The molecule has 1 atom stereocenters. The molecule has 2 aromatic carbocycles. The van der Waals surface area contributed by atoms with Gasteiger partial charge < -0.3 is 9.64 Å². The SMILES string of the molecule is CC(OC(=O)c1nn(C)c(=O)c2ccccc12)C(=O)N1CCN(Cc2ccccc2)CC1. The summed E-state index contributed by atoms with van der Waals surface area (Å²) in [6, 6.07) is 17.0. The summed E-state index contributed by atoms with van der Waals surface area (Å²) in [4.78, 5) is 42.0. The Bertz CT molecular complexity index is 1180. The number of benzene rings is 2.